The van der Waals surface area contributed by atoms with Crippen LogP contribution < -0.4 is 5.73 Å². The maximum Gasteiger partial charge on any atom is 0.191 e. The molecule has 2 unspecified atom stereocenters. The molecule has 16 heavy (non-hydrogen) atoms. The third-order valence-electron chi connectivity index (χ3n) is 4.29. The molecule has 0 bridgehead atoms. The second-order valence-electron chi connectivity index (χ2n) is 5.24. The largest absolute Gasteiger partial charge is 0.381 e. The maximum absolute atomic E-state index is 6.05. The van der Waals surface area contributed by atoms with Gasteiger partial charge in [-0.3, -0.25) is 4.99 Å². The van der Waals surface area contributed by atoms with Gasteiger partial charge in [0.05, 0.1) is 19.2 Å². The number of rotatable bonds is 2. The maximum atomic E-state index is 6.05. The highest BCUT2D eigenvalue weighted by molar-refractivity contribution is 5.80. The van der Waals surface area contributed by atoms with Crippen molar-refractivity contribution in [1.29, 1.82) is 0 Å². The molecule has 0 radical (unpaired) electrons. The third-order valence-corrected chi connectivity index (χ3v) is 4.29. The SMILES string of the molecule is NC1=NCC(C2CCOC2)N1C1CCCC1. The van der Waals surface area contributed by atoms with Gasteiger partial charge in [-0.25, -0.2) is 0 Å². The van der Waals surface area contributed by atoms with E-state index in [0.717, 1.165) is 25.7 Å². The molecule has 3 aliphatic rings. The summed E-state index contributed by atoms with van der Waals surface area (Å²) in [4.78, 5) is 6.86. The molecule has 1 saturated heterocycles. The van der Waals surface area contributed by atoms with Crippen LogP contribution in [-0.2, 0) is 4.74 Å². The molecule has 1 aliphatic carbocycles. The fourth-order valence-corrected chi connectivity index (χ4v) is 3.40. The molecule has 2 atom stereocenters. The van der Waals surface area contributed by atoms with Crippen molar-refractivity contribution in [2.24, 2.45) is 16.6 Å². The van der Waals surface area contributed by atoms with E-state index in [9.17, 15) is 0 Å². The van der Waals surface area contributed by atoms with Gasteiger partial charge in [0.25, 0.3) is 0 Å². The highest BCUT2D eigenvalue weighted by Gasteiger charge is 2.39. The van der Waals surface area contributed by atoms with Gasteiger partial charge in [-0.15, -0.1) is 0 Å². The molecular formula is C12H21N3O. The van der Waals surface area contributed by atoms with Crippen LogP contribution in [0, 0.1) is 5.92 Å². The Bertz CT molecular complexity index is 280. The standard InChI is InChI=1S/C12H21N3O/c13-12-14-7-11(9-5-6-16-8-9)15(12)10-3-1-2-4-10/h9-11H,1-8H2,(H2,13,14). The topological polar surface area (TPSA) is 50.9 Å². The van der Waals surface area contributed by atoms with E-state index in [-0.39, 0.29) is 0 Å². The van der Waals surface area contributed by atoms with Crippen molar-refractivity contribution in [3.8, 4) is 0 Å². The van der Waals surface area contributed by atoms with Crippen LogP contribution in [0.4, 0.5) is 0 Å². The van der Waals surface area contributed by atoms with E-state index in [1.165, 1.54) is 32.1 Å². The lowest BCUT2D eigenvalue weighted by Crippen LogP contribution is -2.49. The molecule has 0 aromatic heterocycles. The first kappa shape index (κ1) is 10.4. The normalized spacial score (nSPS) is 36.0. The van der Waals surface area contributed by atoms with Crippen LogP contribution in [0.15, 0.2) is 4.99 Å². The lowest BCUT2D eigenvalue weighted by Gasteiger charge is -2.34. The van der Waals surface area contributed by atoms with Crippen molar-refractivity contribution in [3.63, 3.8) is 0 Å². The predicted molar refractivity (Wildman–Crippen MR) is 63.3 cm³/mol. The highest BCUT2D eigenvalue weighted by Crippen LogP contribution is 2.32. The monoisotopic (exact) mass is 223 g/mol. The summed E-state index contributed by atoms with van der Waals surface area (Å²) in [5.41, 5.74) is 6.05. The smallest absolute Gasteiger partial charge is 0.191 e. The van der Waals surface area contributed by atoms with Crippen molar-refractivity contribution in [1.82, 2.24) is 4.90 Å². The lowest BCUT2D eigenvalue weighted by atomic mass is 9.97. The van der Waals surface area contributed by atoms with E-state index >= 15 is 0 Å². The quantitative estimate of drug-likeness (QED) is 0.758. The molecule has 0 aromatic carbocycles. The Kier molecular flexibility index (Phi) is 2.75. The number of ether oxygens (including phenoxy) is 1. The van der Waals surface area contributed by atoms with E-state index in [1.54, 1.807) is 0 Å². The van der Waals surface area contributed by atoms with E-state index in [0.29, 0.717) is 18.0 Å². The Morgan fingerprint density at radius 1 is 1.25 bits per heavy atom. The molecule has 2 N–H and O–H groups in total. The Balaban J connectivity index is 1.73. The van der Waals surface area contributed by atoms with Crippen molar-refractivity contribution >= 4 is 5.96 Å². The minimum atomic E-state index is 0.519. The van der Waals surface area contributed by atoms with Crippen molar-refractivity contribution in [2.45, 2.75) is 44.2 Å². The zero-order valence-electron chi connectivity index (χ0n) is 9.77. The first-order chi connectivity index (χ1) is 7.86. The van der Waals surface area contributed by atoms with E-state index < -0.39 is 0 Å². The first-order valence-corrected chi connectivity index (χ1v) is 6.52. The van der Waals surface area contributed by atoms with Crippen LogP contribution in [0.25, 0.3) is 0 Å². The van der Waals surface area contributed by atoms with Gasteiger partial charge in [0, 0.05) is 18.6 Å². The summed E-state index contributed by atoms with van der Waals surface area (Å²) in [5, 5.41) is 0. The summed E-state index contributed by atoms with van der Waals surface area (Å²) in [7, 11) is 0. The van der Waals surface area contributed by atoms with Crippen LogP contribution in [0.5, 0.6) is 0 Å². The Morgan fingerprint density at radius 3 is 2.75 bits per heavy atom. The molecule has 90 valence electrons. The molecular weight excluding hydrogens is 202 g/mol. The van der Waals surface area contributed by atoms with Crippen LogP contribution >= 0.6 is 0 Å². The van der Waals surface area contributed by atoms with E-state index in [2.05, 4.69) is 9.89 Å². The van der Waals surface area contributed by atoms with Crippen molar-refractivity contribution in [3.05, 3.63) is 0 Å². The third kappa shape index (κ3) is 1.69. The average molecular weight is 223 g/mol. The molecule has 2 heterocycles. The number of nitrogens with two attached hydrogens (primary N) is 1. The average Bonchev–Trinajstić information content (AvgIpc) is 2.96. The molecule has 4 heteroatoms. The number of guanidine groups is 1. The Labute approximate surface area is 96.8 Å². The van der Waals surface area contributed by atoms with Crippen LogP contribution in [0.2, 0.25) is 0 Å². The fourth-order valence-electron chi connectivity index (χ4n) is 3.40. The second kappa shape index (κ2) is 4.24. The second-order valence-corrected chi connectivity index (χ2v) is 5.24. The number of hydrogen-bond donors (Lipinski definition) is 1. The summed E-state index contributed by atoms with van der Waals surface area (Å²) in [6, 6.07) is 1.17. The summed E-state index contributed by atoms with van der Waals surface area (Å²) in [5.74, 6) is 1.43. The molecule has 0 spiro atoms. The minimum Gasteiger partial charge on any atom is -0.381 e. The highest BCUT2D eigenvalue weighted by atomic mass is 16.5. The lowest BCUT2D eigenvalue weighted by molar-refractivity contribution is 0.149. The van der Waals surface area contributed by atoms with E-state index in [4.69, 9.17) is 10.5 Å². The number of nitrogens with zero attached hydrogens (tertiary/aromatic N) is 2. The summed E-state index contributed by atoms with van der Waals surface area (Å²) < 4.78 is 5.50. The summed E-state index contributed by atoms with van der Waals surface area (Å²) in [6.07, 6.45) is 6.46. The Morgan fingerprint density at radius 2 is 2.06 bits per heavy atom. The molecule has 1 saturated carbocycles. The Hall–Kier alpha value is -0.770. The molecule has 2 fully saturated rings. The molecule has 2 aliphatic heterocycles. The summed E-state index contributed by atoms with van der Waals surface area (Å²) >= 11 is 0. The van der Waals surface area contributed by atoms with Gasteiger partial charge >= 0.3 is 0 Å². The van der Waals surface area contributed by atoms with Gasteiger partial charge in [-0.2, -0.15) is 0 Å². The van der Waals surface area contributed by atoms with Gasteiger partial charge < -0.3 is 15.4 Å². The predicted octanol–water partition coefficient (Wildman–Crippen LogP) is 0.964. The van der Waals surface area contributed by atoms with Crippen LogP contribution in [-0.4, -0.2) is 42.7 Å². The molecule has 3 rings (SSSR count). The van der Waals surface area contributed by atoms with Gasteiger partial charge in [-0.1, -0.05) is 12.8 Å². The first-order valence-electron chi connectivity index (χ1n) is 6.52. The van der Waals surface area contributed by atoms with Gasteiger partial charge in [0.15, 0.2) is 5.96 Å². The van der Waals surface area contributed by atoms with Crippen molar-refractivity contribution < 1.29 is 4.74 Å². The molecule has 4 nitrogen and oxygen atoms in total. The van der Waals surface area contributed by atoms with E-state index in [1.807, 2.05) is 0 Å². The van der Waals surface area contributed by atoms with Crippen LogP contribution in [0.1, 0.15) is 32.1 Å². The van der Waals surface area contributed by atoms with Crippen LogP contribution in [0.3, 0.4) is 0 Å². The van der Waals surface area contributed by atoms with Crippen molar-refractivity contribution in [2.75, 3.05) is 19.8 Å². The zero-order chi connectivity index (χ0) is 11.0. The summed E-state index contributed by atoms with van der Waals surface area (Å²) in [6.45, 7) is 2.70. The molecule has 0 aromatic rings. The fraction of sp³-hybridized carbons (Fsp3) is 0.917. The van der Waals surface area contributed by atoms with Gasteiger partial charge in [0.1, 0.15) is 0 Å². The van der Waals surface area contributed by atoms with Gasteiger partial charge in [0.2, 0.25) is 0 Å². The number of aliphatic imine (C=N–C) groups is 1. The molecule has 0 amide bonds. The minimum absolute atomic E-state index is 0.519. The number of hydrogen-bond acceptors (Lipinski definition) is 4. The van der Waals surface area contributed by atoms with Gasteiger partial charge in [-0.05, 0) is 19.3 Å². The zero-order valence-corrected chi connectivity index (χ0v) is 9.77.